The molecule has 0 bridgehead atoms. The molecule has 0 aromatic heterocycles. The number of rotatable bonds is 7. The summed E-state index contributed by atoms with van der Waals surface area (Å²) >= 11 is 0. The third-order valence-corrected chi connectivity index (χ3v) is 4.95. The Morgan fingerprint density at radius 2 is 2.00 bits per heavy atom. The van der Waals surface area contributed by atoms with Crippen LogP contribution >= 0.6 is 0 Å². The predicted molar refractivity (Wildman–Crippen MR) is 109 cm³/mol. The van der Waals surface area contributed by atoms with Crippen molar-refractivity contribution < 1.29 is 0 Å². The molecule has 0 N–H and O–H groups in total. The molecule has 0 spiro atoms. The highest BCUT2D eigenvalue weighted by Gasteiger charge is 2.18. The van der Waals surface area contributed by atoms with Crippen LogP contribution in [0, 0.1) is 24.2 Å². The van der Waals surface area contributed by atoms with E-state index in [4.69, 9.17) is 0 Å². The highest BCUT2D eigenvalue weighted by molar-refractivity contribution is 5.96. The minimum absolute atomic E-state index is 0.548. The van der Waals surface area contributed by atoms with Crippen LogP contribution in [0.25, 0.3) is 16.3 Å². The maximum Gasteiger partial charge on any atom is 0.0991 e. The molecule has 1 unspecified atom stereocenters. The monoisotopic (exact) mass is 331 g/mol. The molecule has 0 amide bonds. The van der Waals surface area contributed by atoms with Crippen molar-refractivity contribution in [2.45, 2.75) is 53.4 Å². The van der Waals surface area contributed by atoms with Crippen LogP contribution in [-0.4, -0.2) is 0 Å². The van der Waals surface area contributed by atoms with Crippen LogP contribution in [0.5, 0.6) is 0 Å². The van der Waals surface area contributed by atoms with Gasteiger partial charge in [-0.15, -0.1) is 6.58 Å². The summed E-state index contributed by atoms with van der Waals surface area (Å²) in [6, 6.07) is 12.6. The van der Waals surface area contributed by atoms with Crippen LogP contribution < -0.4 is 0 Å². The third kappa shape index (κ3) is 4.40. The molecular formula is C24H29N. The van der Waals surface area contributed by atoms with Gasteiger partial charge in [-0.05, 0) is 85.6 Å². The van der Waals surface area contributed by atoms with Crippen molar-refractivity contribution in [3.8, 4) is 6.07 Å². The Hall–Kier alpha value is -2.33. The van der Waals surface area contributed by atoms with E-state index in [2.05, 4.69) is 64.6 Å². The van der Waals surface area contributed by atoms with Gasteiger partial charge in [0.2, 0.25) is 0 Å². The van der Waals surface area contributed by atoms with Crippen LogP contribution in [-0.2, 0) is 0 Å². The van der Waals surface area contributed by atoms with Crippen molar-refractivity contribution in [2.75, 3.05) is 0 Å². The number of fused-ring (bicyclic) bond motifs is 1. The molecule has 0 aliphatic rings. The molecule has 2 rings (SSSR count). The highest BCUT2D eigenvalue weighted by atomic mass is 14.2. The minimum Gasteiger partial charge on any atom is -0.192 e. The molecule has 0 aliphatic carbocycles. The van der Waals surface area contributed by atoms with Gasteiger partial charge in [-0.3, -0.25) is 0 Å². The molecule has 25 heavy (non-hydrogen) atoms. The number of aryl methyl sites for hydroxylation is 1. The molecule has 0 radical (unpaired) electrons. The quantitative estimate of drug-likeness (QED) is 0.492. The second-order valence-electron chi connectivity index (χ2n) is 7.03. The Balaban J connectivity index is 2.57. The summed E-state index contributed by atoms with van der Waals surface area (Å²) in [6.45, 7) is 12.8. The summed E-state index contributed by atoms with van der Waals surface area (Å²) in [5, 5.41) is 11.6. The average molecular weight is 332 g/mol. The number of nitriles is 1. The Morgan fingerprint density at radius 3 is 2.60 bits per heavy atom. The Morgan fingerprint density at radius 1 is 1.24 bits per heavy atom. The SMILES string of the molecule is C=C(C)CCC(CCC)/C(=C/C)c1c(C)ccc2cc(C#N)ccc12. The number of hydrogen-bond donors (Lipinski definition) is 0. The summed E-state index contributed by atoms with van der Waals surface area (Å²) in [7, 11) is 0. The zero-order valence-corrected chi connectivity index (χ0v) is 16.0. The Bertz CT molecular complexity index is 833. The van der Waals surface area contributed by atoms with Crippen molar-refractivity contribution >= 4 is 16.3 Å². The summed E-state index contributed by atoms with van der Waals surface area (Å²) in [4.78, 5) is 0. The Kier molecular flexibility index (Phi) is 6.59. The van der Waals surface area contributed by atoms with Gasteiger partial charge in [0, 0.05) is 0 Å². The number of hydrogen-bond acceptors (Lipinski definition) is 1. The lowest BCUT2D eigenvalue weighted by atomic mass is 9.81. The largest absolute Gasteiger partial charge is 0.192 e. The fraction of sp³-hybridized carbons (Fsp3) is 0.375. The minimum atomic E-state index is 0.548. The fourth-order valence-electron chi connectivity index (χ4n) is 3.70. The highest BCUT2D eigenvalue weighted by Crippen LogP contribution is 2.37. The lowest BCUT2D eigenvalue weighted by Crippen LogP contribution is -2.06. The normalized spacial score (nSPS) is 12.8. The van der Waals surface area contributed by atoms with Gasteiger partial charge in [-0.25, -0.2) is 0 Å². The van der Waals surface area contributed by atoms with Crippen molar-refractivity contribution in [3.05, 3.63) is 65.3 Å². The summed E-state index contributed by atoms with van der Waals surface area (Å²) in [5.41, 5.74) is 6.07. The standard InChI is InChI=1S/C24H29N/c1-6-8-20(12-9-17(3)4)22(7-2)24-18(5)10-13-21-15-19(16-25)11-14-23(21)24/h7,10-11,13-15,20H,3,6,8-9,12H2,1-2,4-5H3/b22-7-. The molecule has 0 fully saturated rings. The van der Waals surface area contributed by atoms with E-state index in [1.165, 1.54) is 40.5 Å². The van der Waals surface area contributed by atoms with Crippen molar-refractivity contribution in [1.82, 2.24) is 0 Å². The number of allylic oxidation sites excluding steroid dienone is 3. The molecule has 0 heterocycles. The van der Waals surface area contributed by atoms with Gasteiger partial charge in [0.25, 0.3) is 0 Å². The molecule has 1 nitrogen and oxygen atoms in total. The molecule has 0 saturated heterocycles. The molecule has 2 aromatic carbocycles. The van der Waals surface area contributed by atoms with E-state index in [1.54, 1.807) is 0 Å². The third-order valence-electron chi connectivity index (χ3n) is 4.95. The summed E-state index contributed by atoms with van der Waals surface area (Å²) in [5.74, 6) is 0.548. The van der Waals surface area contributed by atoms with Gasteiger partial charge < -0.3 is 0 Å². The molecule has 0 saturated carbocycles. The van der Waals surface area contributed by atoms with E-state index in [-0.39, 0.29) is 0 Å². The lowest BCUT2D eigenvalue weighted by molar-refractivity contribution is 0.550. The van der Waals surface area contributed by atoms with Crippen LogP contribution in [0.2, 0.25) is 0 Å². The van der Waals surface area contributed by atoms with E-state index in [9.17, 15) is 5.26 Å². The van der Waals surface area contributed by atoms with Gasteiger partial charge in [-0.2, -0.15) is 5.26 Å². The summed E-state index contributed by atoms with van der Waals surface area (Å²) in [6.07, 6.45) is 6.89. The van der Waals surface area contributed by atoms with Crippen LogP contribution in [0.4, 0.5) is 0 Å². The lowest BCUT2D eigenvalue weighted by Gasteiger charge is -2.23. The van der Waals surface area contributed by atoms with Crippen molar-refractivity contribution in [2.24, 2.45) is 5.92 Å². The first-order chi connectivity index (χ1) is 12.0. The van der Waals surface area contributed by atoms with Gasteiger partial charge >= 0.3 is 0 Å². The maximum absolute atomic E-state index is 9.19. The molecule has 2 aromatic rings. The maximum atomic E-state index is 9.19. The molecular weight excluding hydrogens is 302 g/mol. The molecule has 130 valence electrons. The van der Waals surface area contributed by atoms with Crippen molar-refractivity contribution in [3.63, 3.8) is 0 Å². The van der Waals surface area contributed by atoms with Gasteiger partial charge in [-0.1, -0.05) is 43.2 Å². The smallest absolute Gasteiger partial charge is 0.0991 e. The van der Waals surface area contributed by atoms with Gasteiger partial charge in [0.15, 0.2) is 0 Å². The van der Waals surface area contributed by atoms with E-state index >= 15 is 0 Å². The number of benzene rings is 2. The molecule has 1 atom stereocenters. The van der Waals surface area contributed by atoms with Crippen LogP contribution in [0.3, 0.4) is 0 Å². The van der Waals surface area contributed by atoms with E-state index < -0.39 is 0 Å². The molecule has 0 aliphatic heterocycles. The first-order valence-electron chi connectivity index (χ1n) is 9.26. The van der Waals surface area contributed by atoms with E-state index in [1.807, 2.05) is 12.1 Å². The first-order valence-corrected chi connectivity index (χ1v) is 9.26. The van der Waals surface area contributed by atoms with Crippen molar-refractivity contribution in [1.29, 1.82) is 5.26 Å². The summed E-state index contributed by atoms with van der Waals surface area (Å²) < 4.78 is 0. The topological polar surface area (TPSA) is 23.8 Å². The predicted octanol–water partition coefficient (Wildman–Crippen LogP) is 7.20. The number of nitrogens with zero attached hydrogens (tertiary/aromatic N) is 1. The second-order valence-corrected chi connectivity index (χ2v) is 7.03. The average Bonchev–Trinajstić information content (AvgIpc) is 2.61. The zero-order valence-electron chi connectivity index (χ0n) is 16.0. The zero-order chi connectivity index (χ0) is 18.4. The second kappa shape index (κ2) is 8.67. The molecule has 1 heteroatoms. The fourth-order valence-corrected chi connectivity index (χ4v) is 3.70. The van der Waals surface area contributed by atoms with E-state index in [0.29, 0.717) is 5.92 Å². The van der Waals surface area contributed by atoms with Crippen LogP contribution in [0.1, 0.15) is 63.1 Å². The van der Waals surface area contributed by atoms with E-state index in [0.717, 1.165) is 23.8 Å². The van der Waals surface area contributed by atoms with Gasteiger partial charge in [0.05, 0.1) is 11.6 Å². The first kappa shape index (κ1) is 19.0. The Labute approximate surface area is 152 Å². The van der Waals surface area contributed by atoms with Gasteiger partial charge in [0.1, 0.15) is 0 Å². The van der Waals surface area contributed by atoms with Crippen LogP contribution in [0.15, 0.2) is 48.6 Å².